The molecule has 0 aromatic heterocycles. The quantitative estimate of drug-likeness (QED) is 0.492. The van der Waals surface area contributed by atoms with Crippen LogP contribution in [0.2, 0.25) is 0 Å². The molecule has 0 bridgehead atoms. The van der Waals surface area contributed by atoms with Crippen molar-refractivity contribution in [3.05, 3.63) is 0 Å². The van der Waals surface area contributed by atoms with Gasteiger partial charge in [-0.1, -0.05) is 0 Å². The molecule has 0 radical (unpaired) electrons. The second-order valence-electron chi connectivity index (χ2n) is 3.65. The standard InChI is InChI=1S/C8H16O4/c1-4(9)6-7(10)8(3,11)5(2)12-6/h4-7,9-11H,1-3H3/t4-,5-,6-,7-,8-/m1/s1. The zero-order valence-corrected chi connectivity index (χ0v) is 7.56. The summed E-state index contributed by atoms with van der Waals surface area (Å²) in [5, 5.41) is 28.4. The molecule has 1 fully saturated rings. The van der Waals surface area contributed by atoms with Crippen molar-refractivity contribution in [2.45, 2.75) is 50.8 Å². The number of rotatable bonds is 1. The highest BCUT2D eigenvalue weighted by molar-refractivity contribution is 5.00. The fraction of sp³-hybridized carbons (Fsp3) is 1.00. The molecular formula is C8H16O4. The summed E-state index contributed by atoms with van der Waals surface area (Å²) in [4.78, 5) is 0. The molecule has 12 heavy (non-hydrogen) atoms. The number of aliphatic hydroxyl groups excluding tert-OH is 2. The van der Waals surface area contributed by atoms with Crippen LogP contribution in [0.3, 0.4) is 0 Å². The first-order valence-electron chi connectivity index (χ1n) is 4.11. The van der Waals surface area contributed by atoms with E-state index < -0.39 is 30.0 Å². The monoisotopic (exact) mass is 176 g/mol. The molecule has 1 aliphatic heterocycles. The lowest BCUT2D eigenvalue weighted by Gasteiger charge is -2.24. The number of aliphatic hydroxyl groups is 3. The van der Waals surface area contributed by atoms with Crippen LogP contribution in [0.1, 0.15) is 20.8 Å². The van der Waals surface area contributed by atoms with E-state index >= 15 is 0 Å². The summed E-state index contributed by atoms with van der Waals surface area (Å²) < 4.78 is 5.20. The second-order valence-corrected chi connectivity index (χ2v) is 3.65. The van der Waals surface area contributed by atoms with Gasteiger partial charge in [0.15, 0.2) is 0 Å². The van der Waals surface area contributed by atoms with Gasteiger partial charge in [0.2, 0.25) is 0 Å². The van der Waals surface area contributed by atoms with Crippen molar-refractivity contribution >= 4 is 0 Å². The Morgan fingerprint density at radius 2 is 2.00 bits per heavy atom. The van der Waals surface area contributed by atoms with Crippen molar-refractivity contribution < 1.29 is 20.1 Å². The van der Waals surface area contributed by atoms with Gasteiger partial charge in [0.25, 0.3) is 0 Å². The normalized spacial score (nSPS) is 51.0. The molecule has 0 aromatic carbocycles. The summed E-state index contributed by atoms with van der Waals surface area (Å²) >= 11 is 0. The zero-order valence-electron chi connectivity index (χ0n) is 7.56. The summed E-state index contributed by atoms with van der Waals surface area (Å²) in [6, 6.07) is 0. The van der Waals surface area contributed by atoms with Crippen LogP contribution in [-0.4, -0.2) is 45.3 Å². The maximum atomic E-state index is 9.66. The highest BCUT2D eigenvalue weighted by Crippen LogP contribution is 2.31. The molecule has 0 saturated carbocycles. The third kappa shape index (κ3) is 1.35. The van der Waals surface area contributed by atoms with E-state index in [1.807, 2.05) is 0 Å². The fourth-order valence-electron chi connectivity index (χ4n) is 1.40. The molecule has 4 heteroatoms. The highest BCUT2D eigenvalue weighted by Gasteiger charge is 2.51. The van der Waals surface area contributed by atoms with Gasteiger partial charge in [-0.15, -0.1) is 0 Å². The van der Waals surface area contributed by atoms with Gasteiger partial charge in [0.05, 0.1) is 12.2 Å². The van der Waals surface area contributed by atoms with E-state index in [-0.39, 0.29) is 0 Å². The van der Waals surface area contributed by atoms with Crippen molar-refractivity contribution in [3.8, 4) is 0 Å². The minimum Gasteiger partial charge on any atom is -0.391 e. The lowest BCUT2D eigenvalue weighted by Crippen LogP contribution is -2.46. The molecule has 5 atom stereocenters. The molecule has 0 spiro atoms. The molecule has 0 aromatic rings. The summed E-state index contributed by atoms with van der Waals surface area (Å²) in [6.07, 6.45) is -2.92. The zero-order chi connectivity index (χ0) is 9.52. The van der Waals surface area contributed by atoms with Gasteiger partial charge in [0, 0.05) is 0 Å². The van der Waals surface area contributed by atoms with Gasteiger partial charge in [0.1, 0.15) is 17.8 Å². The van der Waals surface area contributed by atoms with E-state index in [2.05, 4.69) is 0 Å². The molecule has 1 aliphatic rings. The summed E-state index contributed by atoms with van der Waals surface area (Å²) in [7, 11) is 0. The molecular weight excluding hydrogens is 160 g/mol. The lowest BCUT2D eigenvalue weighted by molar-refractivity contribution is -0.0620. The molecule has 1 saturated heterocycles. The van der Waals surface area contributed by atoms with Gasteiger partial charge >= 0.3 is 0 Å². The molecule has 1 rings (SSSR count). The maximum absolute atomic E-state index is 9.66. The van der Waals surface area contributed by atoms with Gasteiger partial charge < -0.3 is 20.1 Å². The number of hydrogen-bond acceptors (Lipinski definition) is 4. The fourth-order valence-corrected chi connectivity index (χ4v) is 1.40. The van der Waals surface area contributed by atoms with Crippen LogP contribution >= 0.6 is 0 Å². The molecule has 4 nitrogen and oxygen atoms in total. The average Bonchev–Trinajstić information content (AvgIpc) is 2.13. The van der Waals surface area contributed by atoms with Crippen LogP contribution in [0, 0.1) is 0 Å². The third-order valence-corrected chi connectivity index (χ3v) is 2.57. The molecule has 0 amide bonds. The van der Waals surface area contributed by atoms with Crippen LogP contribution in [0.5, 0.6) is 0 Å². The van der Waals surface area contributed by atoms with E-state index in [0.717, 1.165) is 0 Å². The van der Waals surface area contributed by atoms with E-state index in [1.165, 1.54) is 13.8 Å². The van der Waals surface area contributed by atoms with Crippen molar-refractivity contribution in [2.24, 2.45) is 0 Å². The topological polar surface area (TPSA) is 69.9 Å². The summed E-state index contributed by atoms with van der Waals surface area (Å²) in [5.41, 5.74) is -1.26. The Morgan fingerprint density at radius 3 is 2.17 bits per heavy atom. The first-order chi connectivity index (χ1) is 5.37. The minimum absolute atomic E-state index is 0.452. The minimum atomic E-state index is -1.26. The Balaban J connectivity index is 2.76. The van der Waals surface area contributed by atoms with Crippen molar-refractivity contribution in [1.82, 2.24) is 0 Å². The van der Waals surface area contributed by atoms with E-state index in [4.69, 9.17) is 4.74 Å². The van der Waals surface area contributed by atoms with Crippen molar-refractivity contribution in [1.29, 1.82) is 0 Å². The predicted octanol–water partition coefficient (Wildman–Crippen LogP) is -0.734. The Labute approximate surface area is 71.8 Å². The Hall–Kier alpha value is -0.160. The molecule has 1 heterocycles. The lowest BCUT2D eigenvalue weighted by atomic mass is 9.92. The van der Waals surface area contributed by atoms with Crippen LogP contribution in [0.15, 0.2) is 0 Å². The predicted molar refractivity (Wildman–Crippen MR) is 42.6 cm³/mol. The van der Waals surface area contributed by atoms with Gasteiger partial charge in [-0.3, -0.25) is 0 Å². The highest BCUT2D eigenvalue weighted by atomic mass is 16.6. The van der Waals surface area contributed by atoms with Crippen LogP contribution in [0.25, 0.3) is 0 Å². The Morgan fingerprint density at radius 1 is 1.50 bits per heavy atom. The summed E-state index contributed by atoms with van der Waals surface area (Å²) in [5.74, 6) is 0. The largest absolute Gasteiger partial charge is 0.391 e. The van der Waals surface area contributed by atoms with E-state index in [9.17, 15) is 15.3 Å². The first-order valence-corrected chi connectivity index (χ1v) is 4.11. The summed E-state index contributed by atoms with van der Waals surface area (Å²) in [6.45, 7) is 4.71. The molecule has 0 aliphatic carbocycles. The SMILES string of the molecule is C[C@@H](O)[C@H]1O[C@H](C)[C@@](C)(O)[C@@H]1O. The molecule has 3 N–H and O–H groups in total. The first kappa shape index (κ1) is 9.92. The van der Waals surface area contributed by atoms with Gasteiger partial charge in [-0.2, -0.15) is 0 Å². The van der Waals surface area contributed by atoms with E-state index in [0.29, 0.717) is 0 Å². The van der Waals surface area contributed by atoms with Crippen LogP contribution < -0.4 is 0 Å². The van der Waals surface area contributed by atoms with Crippen LogP contribution in [0.4, 0.5) is 0 Å². The molecule has 72 valence electrons. The smallest absolute Gasteiger partial charge is 0.116 e. The van der Waals surface area contributed by atoms with Gasteiger partial charge in [-0.05, 0) is 20.8 Å². The van der Waals surface area contributed by atoms with Crippen LogP contribution in [-0.2, 0) is 4.74 Å². The van der Waals surface area contributed by atoms with Crippen molar-refractivity contribution in [3.63, 3.8) is 0 Å². The second kappa shape index (κ2) is 2.96. The third-order valence-electron chi connectivity index (χ3n) is 2.57. The maximum Gasteiger partial charge on any atom is 0.116 e. The Bertz CT molecular complexity index is 166. The number of ether oxygens (including phenoxy) is 1. The Kier molecular flexibility index (Phi) is 2.45. The average molecular weight is 176 g/mol. The van der Waals surface area contributed by atoms with Gasteiger partial charge in [-0.25, -0.2) is 0 Å². The van der Waals surface area contributed by atoms with E-state index in [1.54, 1.807) is 6.92 Å². The van der Waals surface area contributed by atoms with Crippen molar-refractivity contribution in [2.75, 3.05) is 0 Å². The molecule has 0 unspecified atom stereocenters. The number of hydrogen-bond donors (Lipinski definition) is 3.